The average molecular weight is 496 g/mol. The van der Waals surface area contributed by atoms with E-state index in [-0.39, 0.29) is 13.2 Å². The van der Waals surface area contributed by atoms with E-state index in [1.54, 1.807) is 10.6 Å². The van der Waals surface area contributed by atoms with Crippen molar-refractivity contribution in [2.75, 3.05) is 58.3 Å². The van der Waals surface area contributed by atoms with Gasteiger partial charge in [-0.2, -0.15) is 0 Å². The Labute approximate surface area is 192 Å². The lowest BCUT2D eigenvalue weighted by Gasteiger charge is -2.12. The van der Waals surface area contributed by atoms with Gasteiger partial charge in [-0.1, -0.05) is 0 Å². The Morgan fingerprint density at radius 3 is 1.84 bits per heavy atom. The molecule has 0 radical (unpaired) electrons. The van der Waals surface area contributed by atoms with E-state index in [2.05, 4.69) is 9.47 Å². The minimum atomic E-state index is -0.938. The van der Waals surface area contributed by atoms with Gasteiger partial charge < -0.3 is 18.9 Å². The molecule has 1 aliphatic rings. The van der Waals surface area contributed by atoms with Crippen LogP contribution in [0.3, 0.4) is 0 Å². The highest BCUT2D eigenvalue weighted by molar-refractivity contribution is 7.84. The highest BCUT2D eigenvalue weighted by Crippen LogP contribution is 2.07. The third-order valence-electron chi connectivity index (χ3n) is 3.53. The Bertz CT molecular complexity index is 736. The van der Waals surface area contributed by atoms with Crippen molar-refractivity contribution >= 4 is 45.7 Å². The Morgan fingerprint density at radius 1 is 0.906 bits per heavy atom. The highest BCUT2D eigenvalue weighted by atomic mass is 32.2. The molecular formula is C19H29NO10S2. The predicted octanol–water partition coefficient (Wildman–Crippen LogP) is -0.344. The Balaban J connectivity index is 0.000000607. The summed E-state index contributed by atoms with van der Waals surface area (Å²) in [6.07, 6.45) is 7.01. The monoisotopic (exact) mass is 495 g/mol. The lowest BCUT2D eigenvalue weighted by Crippen LogP contribution is -2.26. The van der Waals surface area contributed by atoms with Crippen molar-refractivity contribution in [1.29, 1.82) is 0 Å². The van der Waals surface area contributed by atoms with Crippen LogP contribution in [-0.2, 0) is 59.9 Å². The number of carbonyl (C=O) groups is 4. The molecular weight excluding hydrogens is 466 g/mol. The van der Waals surface area contributed by atoms with E-state index in [1.807, 2.05) is 0 Å². The molecule has 1 heterocycles. The maximum Gasteiger partial charge on any atom is 0.331 e. The maximum atomic E-state index is 11.3. The van der Waals surface area contributed by atoms with E-state index in [9.17, 15) is 27.6 Å². The number of carbonyl (C=O) groups excluding carboxylic acids is 4. The minimum Gasteiger partial charge on any atom is -0.466 e. The molecule has 32 heavy (non-hydrogen) atoms. The first-order valence-corrected chi connectivity index (χ1v) is 12.5. The minimum absolute atomic E-state index is 0.163. The van der Waals surface area contributed by atoms with Gasteiger partial charge in [-0.25, -0.2) is 27.7 Å². The van der Waals surface area contributed by atoms with E-state index in [1.165, 1.54) is 14.2 Å². The fraction of sp³-hybridized carbons (Fsp3) is 0.579. The van der Waals surface area contributed by atoms with Gasteiger partial charge in [0.05, 0.1) is 31.8 Å². The highest BCUT2D eigenvalue weighted by Gasteiger charge is 2.19. The SMILES string of the molecule is COC(=O)/C=C/C(=O)OCCCS(C)=O.COC(=O)/C=C/C(=O)OCCN1CCCS1=O. The third-order valence-corrected chi connectivity index (χ3v) is 5.98. The van der Waals surface area contributed by atoms with Crippen LogP contribution in [0.15, 0.2) is 24.3 Å². The van der Waals surface area contributed by atoms with Crippen LogP contribution in [0.1, 0.15) is 12.8 Å². The zero-order valence-corrected chi connectivity index (χ0v) is 19.9. The summed E-state index contributed by atoms with van der Waals surface area (Å²) in [6, 6.07) is 0. The zero-order chi connectivity index (χ0) is 24.4. The average Bonchev–Trinajstić information content (AvgIpc) is 3.18. The summed E-state index contributed by atoms with van der Waals surface area (Å²) in [5.74, 6) is -1.27. The number of methoxy groups -OCH3 is 2. The molecule has 11 nitrogen and oxygen atoms in total. The summed E-state index contributed by atoms with van der Waals surface area (Å²) in [5.41, 5.74) is 0. The summed E-state index contributed by atoms with van der Waals surface area (Å²) < 4.78 is 41.9. The molecule has 1 rings (SSSR count). The van der Waals surface area contributed by atoms with Gasteiger partial charge in [0.25, 0.3) is 0 Å². The van der Waals surface area contributed by atoms with E-state index in [4.69, 9.17) is 9.47 Å². The molecule has 0 aliphatic carbocycles. The van der Waals surface area contributed by atoms with Crippen molar-refractivity contribution in [3.05, 3.63) is 24.3 Å². The van der Waals surface area contributed by atoms with Crippen LogP contribution in [0.5, 0.6) is 0 Å². The quantitative estimate of drug-likeness (QED) is 0.162. The zero-order valence-electron chi connectivity index (χ0n) is 18.3. The molecule has 13 heteroatoms. The van der Waals surface area contributed by atoms with Gasteiger partial charge in [-0.05, 0) is 12.8 Å². The molecule has 0 aromatic heterocycles. The second-order valence-electron chi connectivity index (χ2n) is 5.99. The molecule has 1 fully saturated rings. The van der Waals surface area contributed by atoms with Crippen LogP contribution in [-0.4, -0.2) is 94.9 Å². The van der Waals surface area contributed by atoms with Crippen molar-refractivity contribution in [3.63, 3.8) is 0 Å². The lowest BCUT2D eigenvalue weighted by atomic mass is 10.5. The molecule has 0 aromatic carbocycles. The van der Waals surface area contributed by atoms with E-state index < -0.39 is 45.7 Å². The summed E-state index contributed by atoms with van der Waals surface area (Å²) in [4.78, 5) is 43.3. The van der Waals surface area contributed by atoms with Gasteiger partial charge in [-0.15, -0.1) is 0 Å². The number of ether oxygens (including phenoxy) is 4. The molecule has 0 amide bonds. The fourth-order valence-electron chi connectivity index (χ4n) is 2.00. The van der Waals surface area contributed by atoms with Crippen LogP contribution >= 0.6 is 0 Å². The lowest BCUT2D eigenvalue weighted by molar-refractivity contribution is -0.139. The largest absolute Gasteiger partial charge is 0.466 e. The smallest absolute Gasteiger partial charge is 0.331 e. The topological polar surface area (TPSA) is 143 Å². The van der Waals surface area contributed by atoms with Crippen LogP contribution in [0.4, 0.5) is 0 Å². The molecule has 2 unspecified atom stereocenters. The fourth-order valence-corrected chi connectivity index (χ4v) is 3.77. The summed E-state index contributed by atoms with van der Waals surface area (Å²) in [5, 5.41) is 0. The third kappa shape index (κ3) is 16.3. The van der Waals surface area contributed by atoms with Gasteiger partial charge in [0.15, 0.2) is 0 Å². The van der Waals surface area contributed by atoms with E-state index in [0.29, 0.717) is 24.5 Å². The van der Waals surface area contributed by atoms with E-state index >= 15 is 0 Å². The van der Waals surface area contributed by atoms with Crippen molar-refractivity contribution in [1.82, 2.24) is 4.31 Å². The molecule has 0 spiro atoms. The molecule has 0 aromatic rings. The Hall–Kier alpha value is -2.38. The Kier molecular flexibility index (Phi) is 16.9. The molecule has 0 saturated carbocycles. The molecule has 2 atom stereocenters. The summed E-state index contributed by atoms with van der Waals surface area (Å²) in [6.45, 7) is 1.58. The molecule has 0 bridgehead atoms. The number of hydrogen-bond acceptors (Lipinski definition) is 10. The first kappa shape index (κ1) is 29.6. The number of hydrogen-bond donors (Lipinski definition) is 0. The van der Waals surface area contributed by atoms with Crippen molar-refractivity contribution in [3.8, 4) is 0 Å². The summed E-state index contributed by atoms with van der Waals surface area (Å²) >= 11 is 0. The molecule has 1 aliphatic heterocycles. The van der Waals surface area contributed by atoms with Gasteiger partial charge in [0.2, 0.25) is 0 Å². The standard InChI is InChI=1S/C10H15NO5S.C9H14O5S/c1-15-9(12)3-4-10(13)16-7-6-11-5-2-8-17(11)14;1-13-8(10)4-5-9(11)14-6-3-7-15(2)12/h3-4H,2,5-8H2,1H3;4-5H,3,6-7H2,1-2H3/b4-3+;5-4+. The van der Waals surface area contributed by atoms with Crippen LogP contribution in [0.2, 0.25) is 0 Å². The normalized spacial score (nSPS) is 16.8. The number of esters is 4. The summed E-state index contributed by atoms with van der Waals surface area (Å²) in [7, 11) is 0.626. The maximum absolute atomic E-state index is 11.3. The van der Waals surface area contributed by atoms with Crippen molar-refractivity contribution in [2.24, 2.45) is 0 Å². The van der Waals surface area contributed by atoms with Crippen LogP contribution in [0.25, 0.3) is 0 Å². The van der Waals surface area contributed by atoms with Crippen molar-refractivity contribution in [2.45, 2.75) is 12.8 Å². The first-order chi connectivity index (χ1) is 15.2. The van der Waals surface area contributed by atoms with Gasteiger partial charge in [-0.3, -0.25) is 4.21 Å². The van der Waals surface area contributed by atoms with E-state index in [0.717, 1.165) is 37.3 Å². The predicted molar refractivity (Wildman–Crippen MR) is 117 cm³/mol. The van der Waals surface area contributed by atoms with Crippen LogP contribution in [0, 0.1) is 0 Å². The van der Waals surface area contributed by atoms with Gasteiger partial charge in [0.1, 0.15) is 6.61 Å². The molecule has 1 saturated heterocycles. The second-order valence-corrected chi connectivity index (χ2v) is 9.11. The first-order valence-electron chi connectivity index (χ1n) is 9.48. The van der Waals surface area contributed by atoms with Crippen LogP contribution < -0.4 is 0 Å². The number of rotatable bonds is 11. The molecule has 182 valence electrons. The Morgan fingerprint density at radius 2 is 1.41 bits per heavy atom. The second kappa shape index (κ2) is 18.2. The van der Waals surface area contributed by atoms with Gasteiger partial charge >= 0.3 is 23.9 Å². The van der Waals surface area contributed by atoms with Gasteiger partial charge in [0, 0.05) is 66.0 Å². The molecule has 0 N–H and O–H groups in total. The van der Waals surface area contributed by atoms with Crippen molar-refractivity contribution < 1.29 is 46.5 Å². The number of nitrogens with zero attached hydrogens (tertiary/aromatic N) is 1.